The minimum absolute atomic E-state index is 0.440. The molecule has 2 aromatic rings. The lowest BCUT2D eigenvalue weighted by atomic mass is 10.1. The van der Waals surface area contributed by atoms with Crippen molar-refractivity contribution in [2.24, 2.45) is 16.6 Å². The third kappa shape index (κ3) is 4.35. The SMILES string of the molecule is CC(C1CC1)N(Cc1ccccc1)C(N)=NCc1ccccc1. The third-order valence-electron chi connectivity index (χ3n) is 4.55. The third-order valence-corrected chi connectivity index (χ3v) is 4.55. The van der Waals surface area contributed by atoms with Crippen molar-refractivity contribution in [3.63, 3.8) is 0 Å². The van der Waals surface area contributed by atoms with Crippen molar-refractivity contribution in [1.82, 2.24) is 4.90 Å². The van der Waals surface area contributed by atoms with Crippen LogP contribution in [0.4, 0.5) is 0 Å². The zero-order chi connectivity index (χ0) is 16.1. The first-order chi connectivity index (χ1) is 11.2. The van der Waals surface area contributed by atoms with E-state index in [2.05, 4.69) is 53.2 Å². The number of benzene rings is 2. The molecule has 3 heteroatoms. The molecule has 3 rings (SSSR count). The highest BCUT2D eigenvalue weighted by atomic mass is 15.3. The highest BCUT2D eigenvalue weighted by molar-refractivity contribution is 5.78. The average Bonchev–Trinajstić information content (AvgIpc) is 3.44. The fraction of sp³-hybridized carbons (Fsp3) is 0.350. The molecule has 0 radical (unpaired) electrons. The van der Waals surface area contributed by atoms with Crippen LogP contribution < -0.4 is 5.73 Å². The van der Waals surface area contributed by atoms with E-state index in [9.17, 15) is 0 Å². The molecular formula is C20H25N3. The molecule has 0 saturated heterocycles. The molecule has 1 unspecified atom stereocenters. The van der Waals surface area contributed by atoms with Crippen molar-refractivity contribution in [1.29, 1.82) is 0 Å². The fourth-order valence-corrected chi connectivity index (χ4v) is 2.89. The molecule has 0 aromatic heterocycles. The maximum atomic E-state index is 6.36. The predicted octanol–water partition coefficient (Wildman–Crippen LogP) is 3.80. The summed E-state index contributed by atoms with van der Waals surface area (Å²) in [6, 6.07) is 21.2. The van der Waals surface area contributed by atoms with Crippen molar-refractivity contribution >= 4 is 5.96 Å². The summed E-state index contributed by atoms with van der Waals surface area (Å²) in [5.41, 5.74) is 8.82. The van der Waals surface area contributed by atoms with E-state index in [1.807, 2.05) is 24.3 Å². The van der Waals surface area contributed by atoms with Crippen LogP contribution in [0.1, 0.15) is 30.9 Å². The van der Waals surface area contributed by atoms with Gasteiger partial charge in [0.25, 0.3) is 0 Å². The molecule has 3 nitrogen and oxygen atoms in total. The van der Waals surface area contributed by atoms with Crippen LogP contribution in [-0.2, 0) is 13.1 Å². The number of rotatable bonds is 6. The van der Waals surface area contributed by atoms with Gasteiger partial charge in [-0.25, -0.2) is 4.99 Å². The number of guanidine groups is 1. The van der Waals surface area contributed by atoms with E-state index >= 15 is 0 Å². The molecule has 120 valence electrons. The number of hydrogen-bond donors (Lipinski definition) is 1. The second-order valence-electron chi connectivity index (χ2n) is 6.35. The summed E-state index contributed by atoms with van der Waals surface area (Å²) >= 11 is 0. The lowest BCUT2D eigenvalue weighted by molar-refractivity contribution is 0.289. The predicted molar refractivity (Wildman–Crippen MR) is 95.9 cm³/mol. The Bertz CT molecular complexity index is 632. The quantitative estimate of drug-likeness (QED) is 0.651. The zero-order valence-corrected chi connectivity index (χ0v) is 13.7. The van der Waals surface area contributed by atoms with E-state index in [0.717, 1.165) is 12.5 Å². The summed E-state index contributed by atoms with van der Waals surface area (Å²) in [5.74, 6) is 1.40. The molecule has 1 atom stereocenters. The molecule has 1 fully saturated rings. The van der Waals surface area contributed by atoms with Crippen molar-refractivity contribution in [2.75, 3.05) is 0 Å². The van der Waals surface area contributed by atoms with Gasteiger partial charge >= 0.3 is 0 Å². The van der Waals surface area contributed by atoms with Gasteiger partial charge in [0.1, 0.15) is 0 Å². The molecule has 0 amide bonds. The van der Waals surface area contributed by atoms with Gasteiger partial charge in [-0.1, -0.05) is 60.7 Å². The first-order valence-electron chi connectivity index (χ1n) is 8.38. The second kappa shape index (κ2) is 7.32. The van der Waals surface area contributed by atoms with Crippen LogP contribution in [0.3, 0.4) is 0 Å². The van der Waals surface area contributed by atoms with E-state index in [-0.39, 0.29) is 0 Å². The van der Waals surface area contributed by atoms with E-state index in [0.29, 0.717) is 18.5 Å². The van der Waals surface area contributed by atoms with Gasteiger partial charge in [0.15, 0.2) is 5.96 Å². The van der Waals surface area contributed by atoms with Crippen LogP contribution in [-0.4, -0.2) is 16.9 Å². The Morgan fingerprint density at radius 3 is 2.17 bits per heavy atom. The van der Waals surface area contributed by atoms with Crippen LogP contribution in [0, 0.1) is 5.92 Å². The maximum Gasteiger partial charge on any atom is 0.192 e. The smallest absolute Gasteiger partial charge is 0.192 e. The number of aliphatic imine (C=N–C) groups is 1. The lowest BCUT2D eigenvalue weighted by Gasteiger charge is -2.30. The van der Waals surface area contributed by atoms with Crippen molar-refractivity contribution in [2.45, 2.75) is 38.9 Å². The van der Waals surface area contributed by atoms with Crippen LogP contribution >= 0.6 is 0 Å². The molecule has 23 heavy (non-hydrogen) atoms. The number of nitrogens with zero attached hydrogens (tertiary/aromatic N) is 2. The van der Waals surface area contributed by atoms with Crippen molar-refractivity contribution in [3.8, 4) is 0 Å². The Labute approximate surface area is 138 Å². The van der Waals surface area contributed by atoms with Gasteiger partial charge < -0.3 is 10.6 Å². The highest BCUT2D eigenvalue weighted by Gasteiger charge is 2.32. The molecule has 0 aliphatic heterocycles. The zero-order valence-electron chi connectivity index (χ0n) is 13.7. The molecule has 1 aliphatic rings. The first-order valence-corrected chi connectivity index (χ1v) is 8.38. The van der Waals surface area contributed by atoms with Crippen LogP contribution in [0.2, 0.25) is 0 Å². The van der Waals surface area contributed by atoms with Gasteiger partial charge in [-0.15, -0.1) is 0 Å². The van der Waals surface area contributed by atoms with Crippen LogP contribution in [0.5, 0.6) is 0 Å². The van der Waals surface area contributed by atoms with Crippen LogP contribution in [0.15, 0.2) is 65.7 Å². The van der Waals surface area contributed by atoms with E-state index in [4.69, 9.17) is 5.73 Å². The van der Waals surface area contributed by atoms with Crippen LogP contribution in [0.25, 0.3) is 0 Å². The number of nitrogens with two attached hydrogens (primary N) is 1. The van der Waals surface area contributed by atoms with E-state index in [1.165, 1.54) is 24.0 Å². The highest BCUT2D eigenvalue weighted by Crippen LogP contribution is 2.35. The minimum atomic E-state index is 0.440. The average molecular weight is 307 g/mol. The summed E-state index contributed by atoms with van der Waals surface area (Å²) < 4.78 is 0. The molecule has 0 spiro atoms. The summed E-state index contributed by atoms with van der Waals surface area (Å²) in [5, 5.41) is 0. The normalized spacial score (nSPS) is 16.1. The minimum Gasteiger partial charge on any atom is -0.370 e. The summed E-state index contributed by atoms with van der Waals surface area (Å²) in [6.45, 7) is 3.73. The topological polar surface area (TPSA) is 41.6 Å². The molecule has 2 aromatic carbocycles. The largest absolute Gasteiger partial charge is 0.370 e. The van der Waals surface area contributed by atoms with Gasteiger partial charge in [0.05, 0.1) is 6.54 Å². The maximum absolute atomic E-state index is 6.36. The summed E-state index contributed by atoms with van der Waals surface area (Å²) in [7, 11) is 0. The Morgan fingerprint density at radius 1 is 1.04 bits per heavy atom. The molecule has 2 N–H and O–H groups in total. The van der Waals surface area contributed by atoms with Gasteiger partial charge in [-0.2, -0.15) is 0 Å². The second-order valence-corrected chi connectivity index (χ2v) is 6.35. The van der Waals surface area contributed by atoms with Gasteiger partial charge in [-0.05, 0) is 36.8 Å². The molecule has 1 saturated carbocycles. The van der Waals surface area contributed by atoms with Crippen molar-refractivity contribution in [3.05, 3.63) is 71.8 Å². The molecule has 0 heterocycles. The Morgan fingerprint density at radius 2 is 1.61 bits per heavy atom. The molecular weight excluding hydrogens is 282 g/mol. The Kier molecular flexibility index (Phi) is 4.96. The van der Waals surface area contributed by atoms with E-state index < -0.39 is 0 Å². The Hall–Kier alpha value is -2.29. The lowest BCUT2D eigenvalue weighted by Crippen LogP contribution is -2.44. The Balaban J connectivity index is 1.73. The monoisotopic (exact) mass is 307 g/mol. The summed E-state index contributed by atoms with van der Waals surface area (Å²) in [6.07, 6.45) is 2.61. The molecule has 1 aliphatic carbocycles. The van der Waals surface area contributed by atoms with E-state index in [1.54, 1.807) is 0 Å². The van der Waals surface area contributed by atoms with Crippen molar-refractivity contribution < 1.29 is 0 Å². The molecule has 0 bridgehead atoms. The van der Waals surface area contributed by atoms with Gasteiger partial charge in [0.2, 0.25) is 0 Å². The fourth-order valence-electron chi connectivity index (χ4n) is 2.89. The summed E-state index contributed by atoms with van der Waals surface area (Å²) in [4.78, 5) is 6.90. The standard InChI is InChI=1S/C20H25N3/c1-16(19-12-13-19)23(15-18-10-6-3-7-11-18)20(21)22-14-17-8-4-2-5-9-17/h2-11,16,19H,12-15H2,1H3,(H2,21,22). The first kappa shape index (κ1) is 15.6. The van der Waals surface area contributed by atoms with Gasteiger partial charge in [0, 0.05) is 12.6 Å². The number of hydrogen-bond acceptors (Lipinski definition) is 1. The van der Waals surface area contributed by atoms with Gasteiger partial charge in [-0.3, -0.25) is 0 Å².